The molecule has 4 nitrogen and oxygen atoms in total. The number of rotatable bonds is 4. The minimum Gasteiger partial charge on any atom is -0.455 e. The zero-order chi connectivity index (χ0) is 30.8. The highest BCUT2D eigenvalue weighted by atomic mass is 16.3. The fraction of sp³-hybridized carbons (Fsp3) is 0.0714. The Morgan fingerprint density at radius 3 is 1.78 bits per heavy atom. The van der Waals surface area contributed by atoms with Gasteiger partial charge < -0.3 is 4.42 Å². The molecule has 0 amide bonds. The van der Waals surface area contributed by atoms with Crippen molar-refractivity contribution in [2.75, 3.05) is 0 Å². The van der Waals surface area contributed by atoms with Crippen molar-refractivity contribution in [1.29, 1.82) is 0 Å². The molecule has 2 aromatic heterocycles. The Morgan fingerprint density at radius 2 is 1.04 bits per heavy atom. The van der Waals surface area contributed by atoms with Gasteiger partial charge in [-0.2, -0.15) is 0 Å². The second-order valence-corrected chi connectivity index (χ2v) is 12.4. The lowest BCUT2D eigenvalue weighted by atomic mass is 9.82. The summed E-state index contributed by atoms with van der Waals surface area (Å²) in [5, 5.41) is 2.10. The molecule has 0 saturated heterocycles. The smallest absolute Gasteiger partial charge is 0.167 e. The number of nitrogens with zero attached hydrogens (tertiary/aromatic N) is 3. The SMILES string of the molecule is CC1(C)c2ccccc2-c2c(-c3ccc4oc5c(-c6nc(-c7ccccc7)nc(-c7ccccc7)n6)cccc5c4c3)cccc21. The lowest BCUT2D eigenvalue weighted by Gasteiger charge is -2.21. The van der Waals surface area contributed by atoms with Gasteiger partial charge in [0.2, 0.25) is 0 Å². The van der Waals surface area contributed by atoms with Gasteiger partial charge in [0, 0.05) is 27.3 Å². The van der Waals surface area contributed by atoms with Gasteiger partial charge in [0.25, 0.3) is 0 Å². The molecule has 46 heavy (non-hydrogen) atoms. The van der Waals surface area contributed by atoms with Crippen LogP contribution >= 0.6 is 0 Å². The van der Waals surface area contributed by atoms with E-state index in [2.05, 4.69) is 86.6 Å². The number of benzene rings is 6. The van der Waals surface area contributed by atoms with Gasteiger partial charge in [-0.05, 0) is 51.6 Å². The molecule has 0 N–H and O–H groups in total. The molecule has 0 radical (unpaired) electrons. The van der Waals surface area contributed by atoms with Gasteiger partial charge in [-0.1, -0.05) is 135 Å². The Labute approximate surface area is 267 Å². The molecule has 6 aromatic carbocycles. The molecule has 4 heteroatoms. The van der Waals surface area contributed by atoms with E-state index in [-0.39, 0.29) is 5.41 Å². The van der Waals surface area contributed by atoms with Crippen molar-refractivity contribution >= 4 is 21.9 Å². The zero-order valence-electron chi connectivity index (χ0n) is 25.5. The fourth-order valence-corrected chi connectivity index (χ4v) is 7.07. The molecule has 0 aliphatic heterocycles. The highest BCUT2D eigenvalue weighted by Gasteiger charge is 2.36. The largest absolute Gasteiger partial charge is 0.455 e. The molecular formula is C42H29N3O. The van der Waals surface area contributed by atoms with Gasteiger partial charge >= 0.3 is 0 Å². The van der Waals surface area contributed by atoms with Crippen LogP contribution in [0, 0.1) is 0 Å². The number of fused-ring (bicyclic) bond motifs is 6. The van der Waals surface area contributed by atoms with E-state index in [1.807, 2.05) is 66.7 Å². The monoisotopic (exact) mass is 591 g/mol. The first kappa shape index (κ1) is 26.5. The molecule has 0 saturated carbocycles. The first-order valence-corrected chi connectivity index (χ1v) is 15.6. The Morgan fingerprint density at radius 1 is 0.457 bits per heavy atom. The van der Waals surface area contributed by atoms with Crippen molar-refractivity contribution in [3.63, 3.8) is 0 Å². The van der Waals surface area contributed by atoms with Crippen LogP contribution in [0.5, 0.6) is 0 Å². The van der Waals surface area contributed by atoms with Crippen LogP contribution in [0.1, 0.15) is 25.0 Å². The second kappa shape index (κ2) is 10.1. The predicted octanol–water partition coefficient (Wildman–Crippen LogP) is 10.7. The summed E-state index contributed by atoms with van der Waals surface area (Å²) in [4.78, 5) is 14.8. The Kier molecular flexibility index (Phi) is 5.81. The molecule has 2 heterocycles. The second-order valence-electron chi connectivity index (χ2n) is 12.4. The maximum absolute atomic E-state index is 6.60. The number of para-hydroxylation sites is 1. The van der Waals surface area contributed by atoms with Crippen LogP contribution < -0.4 is 0 Å². The van der Waals surface area contributed by atoms with Crippen LogP contribution in [-0.2, 0) is 5.41 Å². The molecule has 0 atom stereocenters. The van der Waals surface area contributed by atoms with Crippen molar-refractivity contribution in [2.24, 2.45) is 0 Å². The minimum absolute atomic E-state index is 0.0506. The maximum atomic E-state index is 6.60. The van der Waals surface area contributed by atoms with Crippen LogP contribution in [0.15, 0.2) is 144 Å². The van der Waals surface area contributed by atoms with E-state index in [0.29, 0.717) is 17.5 Å². The molecule has 1 aliphatic carbocycles. The molecule has 0 spiro atoms. The lowest BCUT2D eigenvalue weighted by molar-refractivity contribution is 0.660. The topological polar surface area (TPSA) is 51.8 Å². The molecule has 8 aromatic rings. The van der Waals surface area contributed by atoms with E-state index in [4.69, 9.17) is 19.4 Å². The Bertz CT molecular complexity index is 2380. The number of aromatic nitrogens is 3. The fourth-order valence-electron chi connectivity index (χ4n) is 7.07. The van der Waals surface area contributed by atoms with Crippen molar-refractivity contribution in [1.82, 2.24) is 15.0 Å². The van der Waals surface area contributed by atoms with Gasteiger partial charge in [0.15, 0.2) is 17.5 Å². The van der Waals surface area contributed by atoms with Gasteiger partial charge in [-0.25, -0.2) is 15.0 Å². The molecule has 0 unspecified atom stereocenters. The first-order chi connectivity index (χ1) is 22.6. The third-order valence-electron chi connectivity index (χ3n) is 9.36. The lowest BCUT2D eigenvalue weighted by Crippen LogP contribution is -2.14. The summed E-state index contributed by atoms with van der Waals surface area (Å²) < 4.78 is 6.60. The van der Waals surface area contributed by atoms with Crippen LogP contribution in [0.2, 0.25) is 0 Å². The zero-order valence-corrected chi connectivity index (χ0v) is 25.5. The summed E-state index contributed by atoms with van der Waals surface area (Å²) in [5.41, 5.74) is 12.0. The van der Waals surface area contributed by atoms with Crippen LogP contribution in [0.4, 0.5) is 0 Å². The van der Waals surface area contributed by atoms with E-state index >= 15 is 0 Å². The van der Waals surface area contributed by atoms with E-state index in [1.54, 1.807) is 0 Å². The van der Waals surface area contributed by atoms with Gasteiger partial charge in [-0.3, -0.25) is 0 Å². The van der Waals surface area contributed by atoms with Gasteiger partial charge in [-0.15, -0.1) is 0 Å². The Hall–Kier alpha value is -5.87. The highest BCUT2D eigenvalue weighted by molar-refractivity contribution is 6.10. The van der Waals surface area contributed by atoms with E-state index in [0.717, 1.165) is 38.6 Å². The third kappa shape index (κ3) is 4.04. The summed E-state index contributed by atoms with van der Waals surface area (Å²) in [6.07, 6.45) is 0. The molecule has 1 aliphatic rings. The van der Waals surface area contributed by atoms with Crippen LogP contribution in [-0.4, -0.2) is 15.0 Å². The van der Waals surface area contributed by atoms with E-state index in [1.165, 1.54) is 33.4 Å². The van der Waals surface area contributed by atoms with E-state index < -0.39 is 0 Å². The number of furan rings is 1. The van der Waals surface area contributed by atoms with Gasteiger partial charge in [0.1, 0.15) is 11.2 Å². The average Bonchev–Trinajstić information content (AvgIpc) is 3.61. The predicted molar refractivity (Wildman–Crippen MR) is 186 cm³/mol. The first-order valence-electron chi connectivity index (χ1n) is 15.6. The molecule has 0 fully saturated rings. The summed E-state index contributed by atoms with van der Waals surface area (Å²) in [6.45, 7) is 4.65. The summed E-state index contributed by atoms with van der Waals surface area (Å²) in [6, 6.07) is 48.4. The maximum Gasteiger partial charge on any atom is 0.167 e. The molecule has 0 bridgehead atoms. The minimum atomic E-state index is -0.0506. The van der Waals surface area contributed by atoms with Gasteiger partial charge in [0.05, 0.1) is 5.56 Å². The normalized spacial score (nSPS) is 13.2. The van der Waals surface area contributed by atoms with Crippen LogP contribution in [0.25, 0.3) is 78.4 Å². The van der Waals surface area contributed by atoms with Crippen molar-refractivity contribution in [3.05, 3.63) is 151 Å². The third-order valence-corrected chi connectivity index (χ3v) is 9.36. The molecular weight excluding hydrogens is 562 g/mol. The standard InChI is InChI=1S/C42H29N3O/c1-42(2)34-21-10-9-17-31(34)37-29(18-12-22-35(37)42)28-23-24-36-33(25-28)30-19-11-20-32(38(30)46-36)41-44-39(26-13-5-3-6-14-26)43-40(45-41)27-15-7-4-8-16-27/h3-25H,1-2H3. The Balaban J connectivity index is 1.23. The quantitative estimate of drug-likeness (QED) is 0.204. The van der Waals surface area contributed by atoms with E-state index in [9.17, 15) is 0 Å². The number of hydrogen-bond acceptors (Lipinski definition) is 4. The number of hydrogen-bond donors (Lipinski definition) is 0. The van der Waals surface area contributed by atoms with Crippen LogP contribution in [0.3, 0.4) is 0 Å². The molecule has 218 valence electrons. The van der Waals surface area contributed by atoms with Crippen molar-refractivity contribution in [3.8, 4) is 56.4 Å². The summed E-state index contributed by atoms with van der Waals surface area (Å²) in [5.74, 6) is 1.83. The summed E-state index contributed by atoms with van der Waals surface area (Å²) in [7, 11) is 0. The van der Waals surface area contributed by atoms with Crippen molar-refractivity contribution in [2.45, 2.75) is 19.3 Å². The molecule has 9 rings (SSSR count). The summed E-state index contributed by atoms with van der Waals surface area (Å²) >= 11 is 0. The van der Waals surface area contributed by atoms with Crippen molar-refractivity contribution < 1.29 is 4.42 Å². The highest BCUT2D eigenvalue weighted by Crippen LogP contribution is 2.52. The average molecular weight is 592 g/mol.